The highest BCUT2D eigenvalue weighted by Gasteiger charge is 2.27. The molecule has 0 radical (unpaired) electrons. The SMILES string of the molecule is O=C(c1cccs1)N1CCC[C@@H](n2ccnc2-c2ccncc2)C1. The standard InChI is InChI=1S/C18H18N4OS/c23-18(16-4-2-12-24-16)21-10-1-3-15(13-21)22-11-9-20-17(22)14-5-7-19-8-6-14/h2,4-9,11-12,15H,1,3,10,13H2/t15-/m1/s1. The van der Waals surface area contributed by atoms with Crippen molar-refractivity contribution < 1.29 is 4.79 Å². The van der Waals surface area contributed by atoms with E-state index in [0.29, 0.717) is 0 Å². The smallest absolute Gasteiger partial charge is 0.263 e. The summed E-state index contributed by atoms with van der Waals surface area (Å²) in [4.78, 5) is 24.0. The van der Waals surface area contributed by atoms with Crippen molar-refractivity contribution in [3.63, 3.8) is 0 Å². The van der Waals surface area contributed by atoms with E-state index in [9.17, 15) is 4.79 Å². The molecule has 5 nitrogen and oxygen atoms in total. The van der Waals surface area contributed by atoms with Crippen LogP contribution in [0.15, 0.2) is 54.4 Å². The van der Waals surface area contributed by atoms with Gasteiger partial charge in [-0.25, -0.2) is 4.98 Å². The van der Waals surface area contributed by atoms with Crippen LogP contribution in [0.4, 0.5) is 0 Å². The largest absolute Gasteiger partial charge is 0.336 e. The number of hydrogen-bond acceptors (Lipinski definition) is 4. The Labute approximate surface area is 144 Å². The summed E-state index contributed by atoms with van der Waals surface area (Å²) in [5.74, 6) is 1.08. The number of amides is 1. The maximum absolute atomic E-state index is 12.6. The highest BCUT2D eigenvalue weighted by atomic mass is 32.1. The number of piperidine rings is 1. The first-order chi connectivity index (χ1) is 11.8. The Morgan fingerprint density at radius 3 is 2.88 bits per heavy atom. The van der Waals surface area contributed by atoms with E-state index in [0.717, 1.165) is 42.2 Å². The van der Waals surface area contributed by atoms with Crippen LogP contribution in [0.5, 0.6) is 0 Å². The second-order valence-electron chi connectivity index (χ2n) is 5.92. The van der Waals surface area contributed by atoms with Crippen LogP contribution in [0, 0.1) is 0 Å². The van der Waals surface area contributed by atoms with Gasteiger partial charge in [-0.05, 0) is 36.4 Å². The summed E-state index contributed by atoms with van der Waals surface area (Å²) in [7, 11) is 0. The van der Waals surface area contributed by atoms with Crippen LogP contribution in [0.3, 0.4) is 0 Å². The predicted octanol–water partition coefficient (Wildman–Crippen LogP) is 3.48. The van der Waals surface area contributed by atoms with Gasteiger partial charge in [-0.1, -0.05) is 6.07 Å². The maximum Gasteiger partial charge on any atom is 0.263 e. The van der Waals surface area contributed by atoms with E-state index in [4.69, 9.17) is 0 Å². The Bertz CT molecular complexity index is 813. The lowest BCUT2D eigenvalue weighted by molar-refractivity contribution is 0.0685. The summed E-state index contributed by atoms with van der Waals surface area (Å²) in [5.41, 5.74) is 1.05. The summed E-state index contributed by atoms with van der Waals surface area (Å²) in [5, 5.41) is 1.95. The van der Waals surface area contributed by atoms with E-state index in [1.807, 2.05) is 46.9 Å². The van der Waals surface area contributed by atoms with E-state index < -0.39 is 0 Å². The average Bonchev–Trinajstić information content (AvgIpc) is 3.34. The monoisotopic (exact) mass is 338 g/mol. The van der Waals surface area contributed by atoms with Crippen molar-refractivity contribution in [2.75, 3.05) is 13.1 Å². The van der Waals surface area contributed by atoms with E-state index in [1.54, 1.807) is 12.4 Å². The van der Waals surface area contributed by atoms with Crippen molar-refractivity contribution >= 4 is 17.2 Å². The predicted molar refractivity (Wildman–Crippen MR) is 94.0 cm³/mol. The van der Waals surface area contributed by atoms with Gasteiger partial charge in [-0.15, -0.1) is 11.3 Å². The number of hydrogen-bond donors (Lipinski definition) is 0. The second kappa shape index (κ2) is 6.57. The molecule has 4 heterocycles. The molecule has 3 aromatic heterocycles. The summed E-state index contributed by atoms with van der Waals surface area (Å²) in [6.45, 7) is 1.55. The van der Waals surface area contributed by atoms with Crippen molar-refractivity contribution in [3.05, 3.63) is 59.3 Å². The van der Waals surface area contributed by atoms with Gasteiger partial charge < -0.3 is 9.47 Å². The molecule has 1 saturated heterocycles. The molecule has 1 aliphatic rings. The third-order valence-electron chi connectivity index (χ3n) is 4.42. The third kappa shape index (κ3) is 2.85. The van der Waals surface area contributed by atoms with Crippen molar-refractivity contribution in [1.29, 1.82) is 0 Å². The van der Waals surface area contributed by atoms with Gasteiger partial charge in [-0.3, -0.25) is 9.78 Å². The van der Waals surface area contributed by atoms with Crippen molar-refractivity contribution in [3.8, 4) is 11.4 Å². The first kappa shape index (κ1) is 15.1. The molecule has 0 bridgehead atoms. The molecule has 122 valence electrons. The fourth-order valence-electron chi connectivity index (χ4n) is 3.25. The van der Waals surface area contributed by atoms with Gasteiger partial charge in [-0.2, -0.15) is 0 Å². The number of rotatable bonds is 3. The molecule has 0 N–H and O–H groups in total. The summed E-state index contributed by atoms with van der Waals surface area (Å²) in [6.07, 6.45) is 9.47. The number of carbonyl (C=O) groups excluding carboxylic acids is 1. The Hall–Kier alpha value is -2.47. The molecule has 0 unspecified atom stereocenters. The van der Waals surface area contributed by atoms with E-state index in [1.165, 1.54) is 11.3 Å². The van der Waals surface area contributed by atoms with Gasteiger partial charge in [0.15, 0.2) is 0 Å². The zero-order valence-corrected chi connectivity index (χ0v) is 14.0. The molecule has 6 heteroatoms. The normalized spacial score (nSPS) is 17.8. The quantitative estimate of drug-likeness (QED) is 0.734. The zero-order chi connectivity index (χ0) is 16.4. The Morgan fingerprint density at radius 1 is 1.21 bits per heavy atom. The fourth-order valence-corrected chi connectivity index (χ4v) is 3.95. The van der Waals surface area contributed by atoms with Crippen molar-refractivity contribution in [2.45, 2.75) is 18.9 Å². The number of imidazole rings is 1. The van der Waals surface area contributed by atoms with Crippen LogP contribution in [0.25, 0.3) is 11.4 Å². The van der Waals surface area contributed by atoms with E-state index in [-0.39, 0.29) is 11.9 Å². The first-order valence-corrected chi connectivity index (χ1v) is 8.97. The zero-order valence-electron chi connectivity index (χ0n) is 13.2. The molecule has 1 amide bonds. The molecule has 4 rings (SSSR count). The lowest BCUT2D eigenvalue weighted by Gasteiger charge is -2.34. The van der Waals surface area contributed by atoms with E-state index in [2.05, 4.69) is 14.5 Å². The van der Waals surface area contributed by atoms with Gasteiger partial charge in [0.25, 0.3) is 5.91 Å². The Balaban J connectivity index is 1.57. The summed E-state index contributed by atoms with van der Waals surface area (Å²) >= 11 is 1.51. The number of aromatic nitrogens is 3. The summed E-state index contributed by atoms with van der Waals surface area (Å²) < 4.78 is 2.20. The van der Waals surface area contributed by atoms with Gasteiger partial charge in [0.05, 0.1) is 10.9 Å². The molecule has 24 heavy (non-hydrogen) atoms. The minimum Gasteiger partial charge on any atom is -0.336 e. The molecule has 1 atom stereocenters. The first-order valence-electron chi connectivity index (χ1n) is 8.09. The third-order valence-corrected chi connectivity index (χ3v) is 5.27. The highest BCUT2D eigenvalue weighted by molar-refractivity contribution is 7.12. The molecule has 1 aliphatic heterocycles. The number of nitrogens with zero attached hydrogens (tertiary/aromatic N) is 4. The topological polar surface area (TPSA) is 51.0 Å². The molecule has 0 aromatic carbocycles. The molecule has 0 spiro atoms. The number of carbonyl (C=O) groups is 1. The van der Waals surface area contributed by atoms with E-state index >= 15 is 0 Å². The van der Waals surface area contributed by atoms with Crippen LogP contribution in [-0.2, 0) is 0 Å². The van der Waals surface area contributed by atoms with Crippen LogP contribution in [-0.4, -0.2) is 38.4 Å². The van der Waals surface area contributed by atoms with Crippen LogP contribution in [0.2, 0.25) is 0 Å². The second-order valence-corrected chi connectivity index (χ2v) is 6.87. The van der Waals surface area contributed by atoms with Crippen molar-refractivity contribution in [1.82, 2.24) is 19.4 Å². The lowest BCUT2D eigenvalue weighted by atomic mass is 10.0. The maximum atomic E-state index is 12.6. The molecule has 0 aliphatic carbocycles. The molecule has 0 saturated carbocycles. The number of likely N-dealkylation sites (tertiary alicyclic amines) is 1. The lowest BCUT2D eigenvalue weighted by Crippen LogP contribution is -2.40. The van der Waals surface area contributed by atoms with Gasteiger partial charge >= 0.3 is 0 Å². The molecule has 1 fully saturated rings. The highest BCUT2D eigenvalue weighted by Crippen LogP contribution is 2.28. The van der Waals surface area contributed by atoms with Crippen LogP contribution in [0.1, 0.15) is 28.6 Å². The summed E-state index contributed by atoms with van der Waals surface area (Å²) in [6, 6.07) is 8.02. The Morgan fingerprint density at radius 2 is 2.08 bits per heavy atom. The molecular weight excluding hydrogens is 320 g/mol. The molecule has 3 aromatic rings. The van der Waals surface area contributed by atoms with Gasteiger partial charge in [0, 0.05) is 43.4 Å². The Kier molecular flexibility index (Phi) is 4.13. The number of pyridine rings is 1. The number of thiophene rings is 1. The minimum atomic E-state index is 0.139. The van der Waals surface area contributed by atoms with Crippen LogP contribution < -0.4 is 0 Å². The van der Waals surface area contributed by atoms with Gasteiger partial charge in [0.2, 0.25) is 0 Å². The average molecular weight is 338 g/mol. The van der Waals surface area contributed by atoms with Gasteiger partial charge in [0.1, 0.15) is 5.82 Å². The minimum absolute atomic E-state index is 0.139. The van der Waals surface area contributed by atoms with Crippen LogP contribution >= 0.6 is 11.3 Å². The van der Waals surface area contributed by atoms with Crippen molar-refractivity contribution in [2.24, 2.45) is 0 Å². The molecular formula is C18H18N4OS. The fraction of sp³-hybridized carbons (Fsp3) is 0.278.